The monoisotopic (exact) mass is 194 g/mol. The summed E-state index contributed by atoms with van der Waals surface area (Å²) in [6.45, 7) is 1.97. The van der Waals surface area contributed by atoms with Crippen LogP contribution in [0.5, 0.6) is 5.75 Å². The van der Waals surface area contributed by atoms with Crippen LogP contribution in [0.1, 0.15) is 17.5 Å². The molecule has 0 bridgehead atoms. The molecular formula is C11H14O3. The van der Waals surface area contributed by atoms with E-state index in [1.54, 1.807) is 7.11 Å². The van der Waals surface area contributed by atoms with Gasteiger partial charge in [0, 0.05) is 6.42 Å². The molecule has 0 aromatic heterocycles. The number of carbonyl (C=O) groups is 1. The first kappa shape index (κ1) is 10.6. The van der Waals surface area contributed by atoms with E-state index in [1.807, 2.05) is 25.1 Å². The molecule has 0 aliphatic rings. The number of hydrogen-bond acceptors (Lipinski definition) is 2. The van der Waals surface area contributed by atoms with Crippen molar-refractivity contribution in [2.24, 2.45) is 0 Å². The molecule has 0 aliphatic carbocycles. The lowest BCUT2D eigenvalue weighted by atomic mass is 10.0. The van der Waals surface area contributed by atoms with E-state index in [0.717, 1.165) is 16.9 Å². The molecule has 0 saturated carbocycles. The SMILES string of the molecule is COc1ccc(C)c(CCC(=O)O)c1. The van der Waals surface area contributed by atoms with E-state index in [2.05, 4.69) is 0 Å². The van der Waals surface area contributed by atoms with Crippen molar-refractivity contribution in [3.8, 4) is 5.75 Å². The third-order valence-corrected chi connectivity index (χ3v) is 2.16. The highest BCUT2D eigenvalue weighted by atomic mass is 16.5. The highest BCUT2D eigenvalue weighted by Gasteiger charge is 2.03. The molecule has 0 radical (unpaired) electrons. The summed E-state index contributed by atoms with van der Waals surface area (Å²) in [7, 11) is 1.60. The van der Waals surface area contributed by atoms with Crippen LogP contribution in [0.15, 0.2) is 18.2 Å². The van der Waals surface area contributed by atoms with Gasteiger partial charge in [0.15, 0.2) is 0 Å². The van der Waals surface area contributed by atoms with Gasteiger partial charge in [0.2, 0.25) is 0 Å². The van der Waals surface area contributed by atoms with Crippen LogP contribution in [0.25, 0.3) is 0 Å². The van der Waals surface area contributed by atoms with E-state index in [0.29, 0.717) is 6.42 Å². The molecule has 0 fully saturated rings. The number of aliphatic carboxylic acids is 1. The predicted octanol–water partition coefficient (Wildman–Crippen LogP) is 2.02. The number of ether oxygens (including phenoxy) is 1. The standard InChI is InChI=1S/C11H14O3/c1-8-3-5-10(14-2)7-9(8)4-6-11(12)13/h3,5,7H,4,6H2,1-2H3,(H,12,13). The van der Waals surface area contributed by atoms with Crippen LogP contribution in [0.3, 0.4) is 0 Å². The number of hydrogen-bond donors (Lipinski definition) is 1. The molecule has 1 aromatic carbocycles. The smallest absolute Gasteiger partial charge is 0.303 e. The zero-order valence-electron chi connectivity index (χ0n) is 8.41. The molecule has 0 spiro atoms. The Balaban J connectivity index is 2.78. The molecular weight excluding hydrogens is 180 g/mol. The number of methoxy groups -OCH3 is 1. The highest BCUT2D eigenvalue weighted by Crippen LogP contribution is 2.18. The third kappa shape index (κ3) is 2.76. The van der Waals surface area contributed by atoms with Crippen molar-refractivity contribution < 1.29 is 14.6 Å². The van der Waals surface area contributed by atoms with Crippen LogP contribution in [0, 0.1) is 6.92 Å². The molecule has 0 saturated heterocycles. The Bertz CT molecular complexity index is 331. The number of benzene rings is 1. The van der Waals surface area contributed by atoms with Crippen molar-refractivity contribution in [2.75, 3.05) is 7.11 Å². The van der Waals surface area contributed by atoms with Crippen LogP contribution < -0.4 is 4.74 Å². The summed E-state index contributed by atoms with van der Waals surface area (Å²) in [6.07, 6.45) is 0.715. The largest absolute Gasteiger partial charge is 0.497 e. The van der Waals surface area contributed by atoms with Crippen molar-refractivity contribution in [2.45, 2.75) is 19.8 Å². The van der Waals surface area contributed by atoms with Crippen molar-refractivity contribution in [3.05, 3.63) is 29.3 Å². The Morgan fingerprint density at radius 1 is 1.50 bits per heavy atom. The Morgan fingerprint density at radius 2 is 2.21 bits per heavy atom. The van der Waals surface area contributed by atoms with E-state index >= 15 is 0 Å². The second-order valence-corrected chi connectivity index (χ2v) is 3.19. The fourth-order valence-electron chi connectivity index (χ4n) is 1.29. The topological polar surface area (TPSA) is 46.5 Å². The molecule has 0 amide bonds. The summed E-state index contributed by atoms with van der Waals surface area (Å²) in [6, 6.07) is 5.70. The fraction of sp³-hybridized carbons (Fsp3) is 0.364. The van der Waals surface area contributed by atoms with Crippen LogP contribution in [0.2, 0.25) is 0 Å². The first-order chi connectivity index (χ1) is 6.63. The zero-order valence-corrected chi connectivity index (χ0v) is 8.41. The van der Waals surface area contributed by atoms with Crippen LogP contribution in [-0.4, -0.2) is 18.2 Å². The van der Waals surface area contributed by atoms with Crippen molar-refractivity contribution in [3.63, 3.8) is 0 Å². The maximum absolute atomic E-state index is 10.4. The normalized spacial score (nSPS) is 9.86. The number of carboxylic acids is 1. The molecule has 0 atom stereocenters. The van der Waals surface area contributed by atoms with Crippen LogP contribution in [0.4, 0.5) is 0 Å². The van der Waals surface area contributed by atoms with Gasteiger partial charge in [-0.2, -0.15) is 0 Å². The van der Waals surface area contributed by atoms with Gasteiger partial charge in [0.05, 0.1) is 7.11 Å². The maximum atomic E-state index is 10.4. The minimum absolute atomic E-state index is 0.161. The summed E-state index contributed by atoms with van der Waals surface area (Å²) >= 11 is 0. The number of rotatable bonds is 4. The average Bonchev–Trinajstić information content (AvgIpc) is 2.16. The van der Waals surface area contributed by atoms with Gasteiger partial charge in [0.1, 0.15) is 5.75 Å². The Morgan fingerprint density at radius 3 is 2.79 bits per heavy atom. The van der Waals surface area contributed by atoms with Gasteiger partial charge in [-0.3, -0.25) is 4.79 Å². The second-order valence-electron chi connectivity index (χ2n) is 3.19. The summed E-state index contributed by atoms with van der Waals surface area (Å²) in [4.78, 5) is 10.4. The van der Waals surface area contributed by atoms with Gasteiger partial charge in [-0.15, -0.1) is 0 Å². The quantitative estimate of drug-likeness (QED) is 0.797. The van der Waals surface area contributed by atoms with Crippen LogP contribution >= 0.6 is 0 Å². The van der Waals surface area contributed by atoms with E-state index in [9.17, 15) is 4.79 Å². The van der Waals surface area contributed by atoms with E-state index in [-0.39, 0.29) is 6.42 Å². The second kappa shape index (κ2) is 4.65. The Kier molecular flexibility index (Phi) is 3.51. The average molecular weight is 194 g/mol. The van der Waals surface area contributed by atoms with Crippen molar-refractivity contribution in [1.29, 1.82) is 0 Å². The van der Waals surface area contributed by atoms with Gasteiger partial charge in [0.25, 0.3) is 0 Å². The first-order valence-electron chi connectivity index (χ1n) is 4.49. The predicted molar refractivity (Wildman–Crippen MR) is 53.7 cm³/mol. The molecule has 14 heavy (non-hydrogen) atoms. The van der Waals surface area contributed by atoms with E-state index in [4.69, 9.17) is 9.84 Å². The number of carboxylic acid groups (broad SMARTS) is 1. The minimum atomic E-state index is -0.771. The van der Waals surface area contributed by atoms with Gasteiger partial charge < -0.3 is 9.84 Å². The van der Waals surface area contributed by atoms with Crippen molar-refractivity contribution >= 4 is 5.97 Å². The molecule has 0 heterocycles. The Hall–Kier alpha value is -1.51. The molecule has 1 aromatic rings. The van der Waals surface area contributed by atoms with E-state index in [1.165, 1.54) is 0 Å². The summed E-state index contributed by atoms with van der Waals surface area (Å²) in [5.41, 5.74) is 2.14. The van der Waals surface area contributed by atoms with Gasteiger partial charge in [-0.1, -0.05) is 6.07 Å². The lowest BCUT2D eigenvalue weighted by Gasteiger charge is -2.06. The minimum Gasteiger partial charge on any atom is -0.497 e. The van der Waals surface area contributed by atoms with Gasteiger partial charge in [-0.05, 0) is 36.6 Å². The molecule has 3 heteroatoms. The lowest BCUT2D eigenvalue weighted by molar-refractivity contribution is -0.136. The van der Waals surface area contributed by atoms with Gasteiger partial charge in [-0.25, -0.2) is 0 Å². The molecule has 0 aliphatic heterocycles. The van der Waals surface area contributed by atoms with Crippen molar-refractivity contribution in [1.82, 2.24) is 0 Å². The fourth-order valence-corrected chi connectivity index (χ4v) is 1.29. The lowest BCUT2D eigenvalue weighted by Crippen LogP contribution is -1.99. The zero-order chi connectivity index (χ0) is 10.6. The van der Waals surface area contributed by atoms with Crippen LogP contribution in [-0.2, 0) is 11.2 Å². The molecule has 3 nitrogen and oxygen atoms in total. The molecule has 0 unspecified atom stereocenters. The number of aryl methyl sites for hydroxylation is 2. The Labute approximate surface area is 83.3 Å². The molecule has 1 rings (SSSR count). The summed E-state index contributed by atoms with van der Waals surface area (Å²) in [5.74, 6) is 0.00297. The van der Waals surface area contributed by atoms with E-state index < -0.39 is 5.97 Å². The van der Waals surface area contributed by atoms with Gasteiger partial charge >= 0.3 is 5.97 Å². The molecule has 1 N–H and O–H groups in total. The third-order valence-electron chi connectivity index (χ3n) is 2.16. The summed E-state index contributed by atoms with van der Waals surface area (Å²) in [5, 5.41) is 8.56. The maximum Gasteiger partial charge on any atom is 0.303 e. The highest BCUT2D eigenvalue weighted by molar-refractivity contribution is 5.67. The first-order valence-corrected chi connectivity index (χ1v) is 4.49. The summed E-state index contributed by atoms with van der Waals surface area (Å²) < 4.78 is 5.07. The molecule has 76 valence electrons.